The summed E-state index contributed by atoms with van der Waals surface area (Å²) in [6.07, 6.45) is 5.55. The summed E-state index contributed by atoms with van der Waals surface area (Å²) in [4.78, 5) is 4.00. The summed E-state index contributed by atoms with van der Waals surface area (Å²) in [6.45, 7) is 0.854. The molecule has 2 aromatic rings. The number of aromatic nitrogens is 2. The average Bonchev–Trinajstić information content (AvgIpc) is 2.72. The monoisotopic (exact) mass is 204 g/mol. The van der Waals surface area contributed by atoms with Crippen molar-refractivity contribution in [2.75, 3.05) is 0 Å². The van der Waals surface area contributed by atoms with Crippen LogP contribution in [0.1, 0.15) is 10.8 Å². The van der Waals surface area contributed by atoms with E-state index in [2.05, 4.69) is 29.7 Å². The Bertz CT molecular complexity index is 369. The molecular weight excluding hydrogens is 192 g/mol. The summed E-state index contributed by atoms with van der Waals surface area (Å²) in [5.41, 5.74) is 1.24. The van der Waals surface area contributed by atoms with E-state index in [0.29, 0.717) is 0 Å². The Morgan fingerprint density at radius 2 is 2.07 bits per heavy atom. The molecule has 0 unspecified atom stereocenters. The van der Waals surface area contributed by atoms with E-state index in [1.807, 2.05) is 35.3 Å². The number of benzene rings is 1. The van der Waals surface area contributed by atoms with E-state index in [0.717, 1.165) is 6.54 Å². The SMILES string of the molecule is S[C@@H](Cn1ccnc1)c1ccccc1. The minimum absolute atomic E-state index is 0.227. The Kier molecular flexibility index (Phi) is 2.89. The van der Waals surface area contributed by atoms with Crippen LogP contribution in [0.25, 0.3) is 0 Å². The van der Waals surface area contributed by atoms with Gasteiger partial charge in [-0.1, -0.05) is 30.3 Å². The van der Waals surface area contributed by atoms with Crippen molar-refractivity contribution in [1.82, 2.24) is 9.55 Å². The maximum Gasteiger partial charge on any atom is 0.0946 e. The number of nitrogens with zero attached hydrogens (tertiary/aromatic N) is 2. The fourth-order valence-electron chi connectivity index (χ4n) is 1.38. The fraction of sp³-hybridized carbons (Fsp3) is 0.182. The van der Waals surface area contributed by atoms with Crippen LogP contribution in [0.5, 0.6) is 0 Å². The molecule has 1 aromatic heterocycles. The van der Waals surface area contributed by atoms with Gasteiger partial charge in [-0.3, -0.25) is 0 Å². The quantitative estimate of drug-likeness (QED) is 0.761. The van der Waals surface area contributed by atoms with E-state index in [1.54, 1.807) is 6.20 Å². The predicted octanol–water partition coefficient (Wildman–Crippen LogP) is 2.55. The fourth-order valence-corrected chi connectivity index (χ4v) is 1.74. The third-order valence-electron chi connectivity index (χ3n) is 2.13. The maximum absolute atomic E-state index is 4.56. The van der Waals surface area contributed by atoms with Crippen molar-refractivity contribution >= 4 is 12.6 Å². The molecule has 0 aliphatic heterocycles. The van der Waals surface area contributed by atoms with Crippen LogP contribution in [-0.4, -0.2) is 9.55 Å². The van der Waals surface area contributed by atoms with Gasteiger partial charge in [-0.15, -0.1) is 0 Å². The second kappa shape index (κ2) is 4.33. The molecule has 0 spiro atoms. The van der Waals surface area contributed by atoms with Crippen molar-refractivity contribution in [3.63, 3.8) is 0 Å². The Morgan fingerprint density at radius 3 is 2.71 bits per heavy atom. The van der Waals surface area contributed by atoms with E-state index in [-0.39, 0.29) is 5.25 Å². The Balaban J connectivity index is 2.07. The van der Waals surface area contributed by atoms with Crippen molar-refractivity contribution in [3.8, 4) is 0 Å². The Morgan fingerprint density at radius 1 is 1.29 bits per heavy atom. The average molecular weight is 204 g/mol. The van der Waals surface area contributed by atoms with Gasteiger partial charge >= 0.3 is 0 Å². The smallest absolute Gasteiger partial charge is 0.0946 e. The standard InChI is InChI=1S/C11H12N2S/c14-11(8-13-7-6-12-9-13)10-4-2-1-3-5-10/h1-7,9,11,14H,8H2/t11-/m0/s1. The molecule has 72 valence electrons. The van der Waals surface area contributed by atoms with Crippen molar-refractivity contribution in [1.29, 1.82) is 0 Å². The van der Waals surface area contributed by atoms with Gasteiger partial charge in [0.05, 0.1) is 6.33 Å². The molecule has 1 atom stereocenters. The maximum atomic E-state index is 4.56. The Hall–Kier alpha value is -1.22. The zero-order valence-corrected chi connectivity index (χ0v) is 8.64. The van der Waals surface area contributed by atoms with Gasteiger partial charge in [0.25, 0.3) is 0 Å². The van der Waals surface area contributed by atoms with E-state index in [4.69, 9.17) is 0 Å². The molecule has 0 bridgehead atoms. The molecule has 0 aliphatic carbocycles. The summed E-state index contributed by atoms with van der Waals surface area (Å²) in [5, 5.41) is 0.227. The minimum atomic E-state index is 0.227. The van der Waals surface area contributed by atoms with Crippen molar-refractivity contribution in [2.45, 2.75) is 11.8 Å². The van der Waals surface area contributed by atoms with Crippen LogP contribution in [0.3, 0.4) is 0 Å². The second-order valence-electron chi connectivity index (χ2n) is 3.19. The van der Waals surface area contributed by atoms with Gasteiger partial charge in [0, 0.05) is 24.2 Å². The van der Waals surface area contributed by atoms with E-state index < -0.39 is 0 Å². The number of hydrogen-bond donors (Lipinski definition) is 1. The predicted molar refractivity (Wildman–Crippen MR) is 60.4 cm³/mol. The largest absolute Gasteiger partial charge is 0.336 e. The van der Waals surface area contributed by atoms with Gasteiger partial charge in [-0.2, -0.15) is 12.6 Å². The van der Waals surface area contributed by atoms with Crippen molar-refractivity contribution in [2.24, 2.45) is 0 Å². The molecule has 0 saturated heterocycles. The Labute approximate surface area is 89.0 Å². The lowest BCUT2D eigenvalue weighted by atomic mass is 10.1. The summed E-state index contributed by atoms with van der Waals surface area (Å²) in [6, 6.07) is 10.3. The van der Waals surface area contributed by atoms with Crippen LogP contribution in [0.2, 0.25) is 0 Å². The van der Waals surface area contributed by atoms with E-state index in [9.17, 15) is 0 Å². The van der Waals surface area contributed by atoms with Gasteiger partial charge in [0.15, 0.2) is 0 Å². The highest BCUT2D eigenvalue weighted by Gasteiger charge is 2.05. The number of hydrogen-bond acceptors (Lipinski definition) is 2. The molecule has 0 amide bonds. The molecule has 2 rings (SSSR count). The van der Waals surface area contributed by atoms with Crippen molar-refractivity contribution in [3.05, 3.63) is 54.6 Å². The first kappa shape index (κ1) is 9.34. The highest BCUT2D eigenvalue weighted by atomic mass is 32.1. The van der Waals surface area contributed by atoms with Crippen LogP contribution >= 0.6 is 12.6 Å². The molecule has 1 aromatic carbocycles. The first-order valence-corrected chi connectivity index (χ1v) is 5.06. The zero-order chi connectivity index (χ0) is 9.80. The highest BCUT2D eigenvalue weighted by Crippen LogP contribution is 2.20. The molecule has 0 radical (unpaired) electrons. The third-order valence-corrected chi connectivity index (χ3v) is 2.59. The highest BCUT2D eigenvalue weighted by molar-refractivity contribution is 7.80. The zero-order valence-electron chi connectivity index (χ0n) is 7.74. The third kappa shape index (κ3) is 2.17. The van der Waals surface area contributed by atoms with Gasteiger partial charge in [0.2, 0.25) is 0 Å². The summed E-state index contributed by atoms with van der Waals surface area (Å²) >= 11 is 4.56. The first-order valence-electron chi connectivity index (χ1n) is 4.55. The number of imidazole rings is 1. The topological polar surface area (TPSA) is 17.8 Å². The van der Waals surface area contributed by atoms with Gasteiger partial charge in [0.1, 0.15) is 0 Å². The minimum Gasteiger partial charge on any atom is -0.336 e. The second-order valence-corrected chi connectivity index (χ2v) is 3.81. The molecule has 3 heteroatoms. The van der Waals surface area contributed by atoms with Crippen LogP contribution < -0.4 is 0 Å². The lowest BCUT2D eigenvalue weighted by Crippen LogP contribution is -2.01. The normalized spacial score (nSPS) is 12.6. The molecule has 0 N–H and O–H groups in total. The van der Waals surface area contributed by atoms with Gasteiger partial charge < -0.3 is 4.57 Å². The summed E-state index contributed by atoms with van der Waals surface area (Å²) in [5.74, 6) is 0. The number of thiol groups is 1. The molecule has 2 nitrogen and oxygen atoms in total. The molecule has 1 heterocycles. The lowest BCUT2D eigenvalue weighted by molar-refractivity contribution is 0.686. The summed E-state index contributed by atoms with van der Waals surface area (Å²) in [7, 11) is 0. The van der Waals surface area contributed by atoms with Gasteiger partial charge in [-0.25, -0.2) is 4.98 Å². The molecule has 0 aliphatic rings. The number of rotatable bonds is 3. The van der Waals surface area contributed by atoms with Crippen LogP contribution in [0.4, 0.5) is 0 Å². The summed E-state index contributed by atoms with van der Waals surface area (Å²) < 4.78 is 2.03. The molecule has 14 heavy (non-hydrogen) atoms. The molecule has 0 saturated carbocycles. The van der Waals surface area contributed by atoms with E-state index in [1.165, 1.54) is 5.56 Å². The van der Waals surface area contributed by atoms with E-state index >= 15 is 0 Å². The lowest BCUT2D eigenvalue weighted by Gasteiger charge is -2.11. The van der Waals surface area contributed by atoms with Crippen molar-refractivity contribution < 1.29 is 0 Å². The molecule has 0 fully saturated rings. The van der Waals surface area contributed by atoms with Crippen LogP contribution in [-0.2, 0) is 6.54 Å². The van der Waals surface area contributed by atoms with Crippen LogP contribution in [0, 0.1) is 0 Å². The van der Waals surface area contributed by atoms with Gasteiger partial charge in [-0.05, 0) is 5.56 Å². The first-order chi connectivity index (χ1) is 6.86. The van der Waals surface area contributed by atoms with Crippen LogP contribution in [0.15, 0.2) is 49.1 Å². The molecular formula is C11H12N2S.